The minimum atomic E-state index is -4.49. The van der Waals surface area contributed by atoms with Gasteiger partial charge in [0.05, 0.1) is 16.1 Å². The van der Waals surface area contributed by atoms with Crippen molar-refractivity contribution in [3.63, 3.8) is 0 Å². The molecule has 4 rings (SSSR count). The zero-order valence-electron chi connectivity index (χ0n) is 22.3. The van der Waals surface area contributed by atoms with Crippen LogP contribution in [-0.2, 0) is 17.5 Å². The van der Waals surface area contributed by atoms with E-state index < -0.39 is 23.4 Å². The fourth-order valence-corrected chi connectivity index (χ4v) is 3.77. The molecule has 4 aromatic rings. The molecule has 0 aliphatic carbocycles. The van der Waals surface area contributed by atoms with Crippen LogP contribution in [0.25, 0.3) is 11.0 Å². The van der Waals surface area contributed by atoms with Crippen molar-refractivity contribution in [3.8, 4) is 11.5 Å². The number of likely N-dealkylation sites (N-methyl/N-ethyl adjacent to an activating group) is 1. The predicted molar refractivity (Wildman–Crippen MR) is 148 cm³/mol. The summed E-state index contributed by atoms with van der Waals surface area (Å²) >= 11 is 6.36. The van der Waals surface area contributed by atoms with Gasteiger partial charge in [-0.25, -0.2) is 9.97 Å². The number of nitrogens with one attached hydrogen (secondary N) is 3. The first-order chi connectivity index (χ1) is 19.0. The SMILES string of the molecule is CC.CNC(C)(O)C(=O)NCCn1ccc2ncnc(Nc3ccc(Oc4cccc(C(F)(F)F)c4)c(Cl)c3)c21. The molecule has 4 N–H and O–H groups in total. The molecule has 0 aliphatic rings. The number of ether oxygens (including phenoxy) is 1. The summed E-state index contributed by atoms with van der Waals surface area (Å²) in [5, 5.41) is 18.5. The summed E-state index contributed by atoms with van der Waals surface area (Å²) in [5.41, 5.74) is -0.635. The average Bonchev–Trinajstić information content (AvgIpc) is 3.35. The minimum absolute atomic E-state index is 0.00101. The largest absolute Gasteiger partial charge is 0.456 e. The van der Waals surface area contributed by atoms with E-state index in [0.717, 1.165) is 12.1 Å². The number of carbonyl (C=O) groups is 1. The first-order valence-corrected chi connectivity index (χ1v) is 12.8. The minimum Gasteiger partial charge on any atom is -0.456 e. The maximum absolute atomic E-state index is 13.0. The molecular formula is C27H30ClF3N6O3. The van der Waals surface area contributed by atoms with Gasteiger partial charge in [-0.1, -0.05) is 31.5 Å². The smallest absolute Gasteiger partial charge is 0.416 e. The molecule has 0 saturated carbocycles. The Kier molecular flexibility index (Phi) is 9.96. The van der Waals surface area contributed by atoms with Crippen molar-refractivity contribution >= 4 is 40.0 Å². The molecule has 214 valence electrons. The van der Waals surface area contributed by atoms with E-state index in [1.165, 1.54) is 38.5 Å². The van der Waals surface area contributed by atoms with Gasteiger partial charge in [0.2, 0.25) is 0 Å². The Hall–Kier alpha value is -3.87. The normalized spacial score (nSPS) is 12.7. The van der Waals surface area contributed by atoms with E-state index in [-0.39, 0.29) is 23.1 Å². The van der Waals surface area contributed by atoms with Gasteiger partial charge in [-0.2, -0.15) is 13.2 Å². The Morgan fingerprint density at radius 1 is 1.12 bits per heavy atom. The molecule has 0 radical (unpaired) electrons. The molecule has 0 saturated heterocycles. The number of amides is 1. The summed E-state index contributed by atoms with van der Waals surface area (Å²) in [6, 6.07) is 11.1. The number of alkyl halides is 3. The quantitative estimate of drug-likeness (QED) is 0.188. The maximum atomic E-state index is 13.0. The Bertz CT molecular complexity index is 1460. The van der Waals surface area contributed by atoms with Crippen molar-refractivity contribution < 1.29 is 27.8 Å². The van der Waals surface area contributed by atoms with Crippen LogP contribution in [0.15, 0.2) is 61.1 Å². The molecule has 9 nitrogen and oxygen atoms in total. The molecule has 1 atom stereocenters. The lowest BCUT2D eigenvalue weighted by Crippen LogP contribution is -2.53. The van der Waals surface area contributed by atoms with E-state index in [1.54, 1.807) is 24.4 Å². The van der Waals surface area contributed by atoms with E-state index in [1.807, 2.05) is 18.4 Å². The summed E-state index contributed by atoms with van der Waals surface area (Å²) < 4.78 is 46.4. The number of carbonyl (C=O) groups excluding carboxylic acids is 1. The van der Waals surface area contributed by atoms with Crippen LogP contribution < -0.4 is 20.7 Å². The number of aliphatic hydroxyl groups is 1. The number of nitrogens with zero attached hydrogens (tertiary/aromatic N) is 3. The molecule has 2 heterocycles. The Morgan fingerprint density at radius 3 is 2.55 bits per heavy atom. The van der Waals surface area contributed by atoms with Crippen molar-refractivity contribution in [1.29, 1.82) is 0 Å². The van der Waals surface area contributed by atoms with Gasteiger partial charge in [0.15, 0.2) is 11.5 Å². The third-order valence-electron chi connectivity index (χ3n) is 5.70. The van der Waals surface area contributed by atoms with Crippen LogP contribution in [-0.4, -0.2) is 44.9 Å². The van der Waals surface area contributed by atoms with E-state index in [0.29, 0.717) is 29.1 Å². The third kappa shape index (κ3) is 7.40. The zero-order chi connectivity index (χ0) is 29.5. The summed E-state index contributed by atoms with van der Waals surface area (Å²) in [7, 11) is 1.48. The fourth-order valence-electron chi connectivity index (χ4n) is 3.55. The van der Waals surface area contributed by atoms with Crippen molar-refractivity contribution in [2.45, 2.75) is 39.2 Å². The van der Waals surface area contributed by atoms with Crippen molar-refractivity contribution in [2.24, 2.45) is 0 Å². The Labute approximate surface area is 234 Å². The number of rotatable bonds is 9. The Balaban J connectivity index is 0.00000216. The molecule has 0 aliphatic heterocycles. The van der Waals surface area contributed by atoms with E-state index >= 15 is 0 Å². The lowest BCUT2D eigenvalue weighted by molar-refractivity contribution is -0.140. The molecule has 13 heteroatoms. The first-order valence-electron chi connectivity index (χ1n) is 12.4. The van der Waals surface area contributed by atoms with Gasteiger partial charge in [-0.3, -0.25) is 10.1 Å². The second-order valence-corrected chi connectivity index (χ2v) is 8.85. The lowest BCUT2D eigenvalue weighted by Gasteiger charge is -2.21. The molecule has 2 aromatic heterocycles. The fraction of sp³-hybridized carbons (Fsp3) is 0.296. The summed E-state index contributed by atoms with van der Waals surface area (Å²) in [6.07, 6.45) is -1.30. The molecule has 40 heavy (non-hydrogen) atoms. The van der Waals surface area contributed by atoms with Gasteiger partial charge in [0.25, 0.3) is 5.91 Å². The molecule has 0 fully saturated rings. The van der Waals surface area contributed by atoms with E-state index in [2.05, 4.69) is 25.9 Å². The van der Waals surface area contributed by atoms with Crippen LogP contribution in [0.3, 0.4) is 0 Å². The number of halogens is 4. The summed E-state index contributed by atoms with van der Waals surface area (Å²) in [4.78, 5) is 20.7. The lowest BCUT2D eigenvalue weighted by atomic mass is 10.2. The van der Waals surface area contributed by atoms with Gasteiger partial charge in [-0.05, 0) is 56.4 Å². The number of aromatic nitrogens is 3. The highest BCUT2D eigenvalue weighted by molar-refractivity contribution is 6.32. The number of anilines is 2. The molecule has 0 bridgehead atoms. The summed E-state index contributed by atoms with van der Waals surface area (Å²) in [5.74, 6) is 0.0892. The monoisotopic (exact) mass is 578 g/mol. The van der Waals surface area contributed by atoms with Gasteiger partial charge >= 0.3 is 6.18 Å². The topological polar surface area (TPSA) is 113 Å². The van der Waals surface area contributed by atoms with Gasteiger partial charge < -0.3 is 25.0 Å². The number of benzene rings is 2. The van der Waals surface area contributed by atoms with Gasteiger partial charge in [0, 0.05) is 25.0 Å². The highest BCUT2D eigenvalue weighted by Gasteiger charge is 2.30. The van der Waals surface area contributed by atoms with E-state index in [9.17, 15) is 23.1 Å². The van der Waals surface area contributed by atoms with E-state index in [4.69, 9.17) is 16.3 Å². The second-order valence-electron chi connectivity index (χ2n) is 8.44. The number of hydrogen-bond donors (Lipinski definition) is 4. The van der Waals surface area contributed by atoms with Crippen LogP contribution in [0.1, 0.15) is 26.3 Å². The van der Waals surface area contributed by atoms with Gasteiger partial charge in [-0.15, -0.1) is 0 Å². The first kappa shape index (κ1) is 30.7. The summed E-state index contributed by atoms with van der Waals surface area (Å²) in [6.45, 7) is 5.97. The van der Waals surface area contributed by atoms with Crippen molar-refractivity contribution in [1.82, 2.24) is 25.2 Å². The van der Waals surface area contributed by atoms with Crippen LogP contribution in [0.2, 0.25) is 5.02 Å². The molecule has 1 amide bonds. The number of fused-ring (bicyclic) bond motifs is 1. The van der Waals surface area contributed by atoms with Crippen LogP contribution in [0.5, 0.6) is 11.5 Å². The van der Waals surface area contributed by atoms with Crippen LogP contribution >= 0.6 is 11.6 Å². The van der Waals surface area contributed by atoms with Crippen molar-refractivity contribution in [2.75, 3.05) is 18.9 Å². The second kappa shape index (κ2) is 13.0. The zero-order valence-corrected chi connectivity index (χ0v) is 23.1. The maximum Gasteiger partial charge on any atom is 0.416 e. The third-order valence-corrected chi connectivity index (χ3v) is 6.00. The standard InChI is InChI=1S/C25H24ClF3N6O3.C2H6/c1-24(37,30-2)23(36)31-9-11-35-10-8-19-21(35)22(33-14-32-19)34-16-6-7-20(18(26)13-16)38-17-5-3-4-15(12-17)25(27,28)29;1-2/h3-8,10,12-14,30,37H,9,11H2,1-2H3,(H,31,36)(H,32,33,34);1-2H3. The van der Waals surface area contributed by atoms with Crippen LogP contribution in [0.4, 0.5) is 24.7 Å². The average molecular weight is 579 g/mol. The van der Waals surface area contributed by atoms with Crippen molar-refractivity contribution in [3.05, 3.63) is 71.6 Å². The number of hydrogen-bond acceptors (Lipinski definition) is 7. The highest BCUT2D eigenvalue weighted by atomic mass is 35.5. The molecule has 1 unspecified atom stereocenters. The van der Waals surface area contributed by atoms with Gasteiger partial charge in [0.1, 0.15) is 23.3 Å². The highest BCUT2D eigenvalue weighted by Crippen LogP contribution is 2.36. The molecule has 0 spiro atoms. The Morgan fingerprint density at radius 2 is 1.88 bits per heavy atom. The molecular weight excluding hydrogens is 549 g/mol. The van der Waals surface area contributed by atoms with Crippen LogP contribution in [0, 0.1) is 0 Å². The predicted octanol–water partition coefficient (Wildman–Crippen LogP) is 5.71. The molecule has 2 aromatic carbocycles.